The van der Waals surface area contributed by atoms with Crippen LogP contribution in [0.25, 0.3) is 0 Å². The summed E-state index contributed by atoms with van der Waals surface area (Å²) < 4.78 is 5.69. The summed E-state index contributed by atoms with van der Waals surface area (Å²) in [6.07, 6.45) is 2.81. The molecule has 20 heavy (non-hydrogen) atoms. The summed E-state index contributed by atoms with van der Waals surface area (Å²) in [5.41, 5.74) is 5.64. The molecule has 0 aliphatic carbocycles. The molecule has 1 atom stereocenters. The van der Waals surface area contributed by atoms with Crippen molar-refractivity contribution in [3.63, 3.8) is 0 Å². The van der Waals surface area contributed by atoms with Crippen molar-refractivity contribution < 1.29 is 4.74 Å². The molecule has 0 bridgehead atoms. The maximum absolute atomic E-state index is 5.93. The smallest absolute Gasteiger partial charge is 0.223 e. The highest BCUT2D eigenvalue weighted by Crippen LogP contribution is 2.19. The summed E-state index contributed by atoms with van der Waals surface area (Å²) >= 11 is 5.93. The van der Waals surface area contributed by atoms with Crippen LogP contribution in [0.4, 0.5) is 11.8 Å². The molecule has 2 aliphatic heterocycles. The normalized spacial score (nSPS) is 24.2. The molecule has 3 rings (SSSR count). The fraction of sp³-hybridized carbons (Fsp3) is 0.692. The van der Waals surface area contributed by atoms with E-state index in [1.165, 1.54) is 12.8 Å². The van der Waals surface area contributed by atoms with Gasteiger partial charge < -0.3 is 15.4 Å². The van der Waals surface area contributed by atoms with Gasteiger partial charge in [-0.25, -0.2) is 4.98 Å². The maximum atomic E-state index is 5.93. The van der Waals surface area contributed by atoms with Crippen molar-refractivity contribution in [1.29, 1.82) is 0 Å². The van der Waals surface area contributed by atoms with Crippen LogP contribution in [-0.2, 0) is 4.74 Å². The quantitative estimate of drug-likeness (QED) is 0.840. The highest BCUT2D eigenvalue weighted by molar-refractivity contribution is 6.29. The predicted octanol–water partition coefficient (Wildman–Crippen LogP) is 1.01. The van der Waals surface area contributed by atoms with Crippen LogP contribution in [0.1, 0.15) is 12.8 Å². The summed E-state index contributed by atoms with van der Waals surface area (Å²) in [4.78, 5) is 12.8. The van der Waals surface area contributed by atoms with E-state index < -0.39 is 0 Å². The Kier molecular flexibility index (Phi) is 4.24. The van der Waals surface area contributed by atoms with Gasteiger partial charge in [0.15, 0.2) is 0 Å². The SMILES string of the molecule is Nc1nc(Cl)cc(N2CCN(CC3CCCO3)CC2)n1. The molecule has 2 N–H and O–H groups in total. The van der Waals surface area contributed by atoms with E-state index in [9.17, 15) is 0 Å². The molecule has 2 fully saturated rings. The number of nitrogen functional groups attached to an aromatic ring is 1. The van der Waals surface area contributed by atoms with Gasteiger partial charge in [-0.15, -0.1) is 0 Å². The number of anilines is 2. The minimum atomic E-state index is 0.231. The number of hydrogen-bond acceptors (Lipinski definition) is 6. The van der Waals surface area contributed by atoms with Crippen molar-refractivity contribution in [3.8, 4) is 0 Å². The van der Waals surface area contributed by atoms with Gasteiger partial charge in [-0.3, -0.25) is 4.90 Å². The Bertz CT molecular complexity index is 438. The molecule has 0 amide bonds. The van der Waals surface area contributed by atoms with Crippen molar-refractivity contribution in [3.05, 3.63) is 11.2 Å². The van der Waals surface area contributed by atoms with Crippen LogP contribution in [0.2, 0.25) is 5.15 Å². The van der Waals surface area contributed by atoms with Crippen LogP contribution >= 0.6 is 11.6 Å². The van der Waals surface area contributed by atoms with Crippen LogP contribution in [0.3, 0.4) is 0 Å². The molecule has 110 valence electrons. The predicted molar refractivity (Wildman–Crippen MR) is 79.1 cm³/mol. The number of nitrogens with zero attached hydrogens (tertiary/aromatic N) is 4. The van der Waals surface area contributed by atoms with Crippen molar-refractivity contribution in [2.75, 3.05) is 50.0 Å². The van der Waals surface area contributed by atoms with Gasteiger partial charge in [0.1, 0.15) is 11.0 Å². The van der Waals surface area contributed by atoms with Gasteiger partial charge in [0.05, 0.1) is 6.10 Å². The second-order valence-electron chi connectivity index (χ2n) is 5.33. The first-order valence-corrected chi connectivity index (χ1v) is 7.47. The highest BCUT2D eigenvalue weighted by atomic mass is 35.5. The molecule has 0 radical (unpaired) electrons. The third-order valence-electron chi connectivity index (χ3n) is 3.88. The van der Waals surface area contributed by atoms with E-state index >= 15 is 0 Å². The molecule has 2 saturated heterocycles. The molecular weight excluding hydrogens is 278 g/mol. The molecular formula is C13H20ClN5O. The second kappa shape index (κ2) is 6.11. The number of aromatic nitrogens is 2. The molecule has 1 aromatic heterocycles. The van der Waals surface area contributed by atoms with E-state index in [2.05, 4.69) is 19.8 Å². The van der Waals surface area contributed by atoms with Gasteiger partial charge in [0.25, 0.3) is 0 Å². The van der Waals surface area contributed by atoms with Gasteiger partial charge in [-0.05, 0) is 12.8 Å². The van der Waals surface area contributed by atoms with E-state index in [1.807, 2.05) is 0 Å². The lowest BCUT2D eigenvalue weighted by Gasteiger charge is -2.36. The zero-order valence-corrected chi connectivity index (χ0v) is 12.2. The van der Waals surface area contributed by atoms with E-state index in [4.69, 9.17) is 22.1 Å². The van der Waals surface area contributed by atoms with E-state index in [1.54, 1.807) is 6.07 Å². The lowest BCUT2D eigenvalue weighted by atomic mass is 10.2. The molecule has 1 aromatic rings. The molecule has 1 unspecified atom stereocenters. The van der Waals surface area contributed by atoms with Crippen molar-refractivity contribution >= 4 is 23.4 Å². The highest BCUT2D eigenvalue weighted by Gasteiger charge is 2.23. The van der Waals surface area contributed by atoms with Crippen LogP contribution in [0.15, 0.2) is 6.07 Å². The van der Waals surface area contributed by atoms with E-state index in [0.717, 1.165) is 45.1 Å². The average molecular weight is 298 g/mol. The van der Waals surface area contributed by atoms with E-state index in [-0.39, 0.29) is 5.95 Å². The Morgan fingerprint density at radius 1 is 1.30 bits per heavy atom. The Labute approximate surface area is 123 Å². The van der Waals surface area contributed by atoms with Gasteiger partial charge in [0, 0.05) is 45.4 Å². The van der Waals surface area contributed by atoms with Crippen LogP contribution < -0.4 is 10.6 Å². The molecule has 6 nitrogen and oxygen atoms in total. The Morgan fingerprint density at radius 3 is 2.75 bits per heavy atom. The summed E-state index contributed by atoms with van der Waals surface area (Å²) in [6.45, 7) is 5.85. The van der Waals surface area contributed by atoms with Crippen molar-refractivity contribution in [1.82, 2.24) is 14.9 Å². The molecule has 0 saturated carbocycles. The van der Waals surface area contributed by atoms with Crippen molar-refractivity contribution in [2.24, 2.45) is 0 Å². The third-order valence-corrected chi connectivity index (χ3v) is 4.07. The van der Waals surface area contributed by atoms with Crippen LogP contribution in [-0.4, -0.2) is 60.3 Å². The van der Waals surface area contributed by atoms with Gasteiger partial charge in [0.2, 0.25) is 5.95 Å². The third kappa shape index (κ3) is 3.31. The summed E-state index contributed by atoms with van der Waals surface area (Å²) in [5, 5.41) is 0.397. The fourth-order valence-corrected chi connectivity index (χ4v) is 3.00. The van der Waals surface area contributed by atoms with Gasteiger partial charge >= 0.3 is 0 Å². The van der Waals surface area contributed by atoms with Gasteiger partial charge in [-0.2, -0.15) is 4.98 Å². The number of rotatable bonds is 3. The zero-order valence-electron chi connectivity index (χ0n) is 11.5. The van der Waals surface area contributed by atoms with Crippen molar-refractivity contribution in [2.45, 2.75) is 18.9 Å². The number of halogens is 1. The minimum Gasteiger partial charge on any atom is -0.377 e. The maximum Gasteiger partial charge on any atom is 0.223 e. The lowest BCUT2D eigenvalue weighted by Crippen LogP contribution is -2.48. The molecule has 0 spiro atoms. The monoisotopic (exact) mass is 297 g/mol. The number of ether oxygens (including phenoxy) is 1. The first-order valence-electron chi connectivity index (χ1n) is 7.10. The first kappa shape index (κ1) is 13.9. The van der Waals surface area contributed by atoms with Gasteiger partial charge in [-0.1, -0.05) is 11.6 Å². The molecule has 2 aliphatic rings. The molecule has 3 heterocycles. The molecule has 0 aromatic carbocycles. The first-order chi connectivity index (χ1) is 9.70. The summed E-state index contributed by atoms with van der Waals surface area (Å²) in [5.74, 6) is 1.05. The largest absolute Gasteiger partial charge is 0.377 e. The Hall–Kier alpha value is -1.11. The number of nitrogens with two attached hydrogens (primary N) is 1. The zero-order chi connectivity index (χ0) is 13.9. The minimum absolute atomic E-state index is 0.231. The second-order valence-corrected chi connectivity index (χ2v) is 5.72. The number of piperazine rings is 1. The number of hydrogen-bond donors (Lipinski definition) is 1. The fourth-order valence-electron chi connectivity index (χ4n) is 2.82. The summed E-state index contributed by atoms with van der Waals surface area (Å²) in [7, 11) is 0. The summed E-state index contributed by atoms with van der Waals surface area (Å²) in [6, 6.07) is 1.77. The Morgan fingerprint density at radius 2 is 2.10 bits per heavy atom. The van der Waals surface area contributed by atoms with E-state index in [0.29, 0.717) is 11.3 Å². The van der Waals surface area contributed by atoms with Crippen LogP contribution in [0.5, 0.6) is 0 Å². The van der Waals surface area contributed by atoms with Crippen LogP contribution in [0, 0.1) is 0 Å². The average Bonchev–Trinajstić information content (AvgIpc) is 2.91. The lowest BCUT2D eigenvalue weighted by molar-refractivity contribution is 0.0712. The topological polar surface area (TPSA) is 67.5 Å². The standard InChI is InChI=1S/C13H20ClN5O/c14-11-8-12(17-13(15)16-11)19-5-3-18(4-6-19)9-10-2-1-7-20-10/h8,10H,1-7,9H2,(H2,15,16,17). The molecule has 7 heteroatoms. The Balaban J connectivity index is 1.55.